The average Bonchev–Trinajstić information content (AvgIpc) is 2.44. The van der Waals surface area contributed by atoms with Crippen LogP contribution in [0.4, 0.5) is 22.0 Å². The Balaban J connectivity index is 2.08. The Morgan fingerprint density at radius 1 is 1.30 bits per heavy atom. The second kappa shape index (κ2) is 6.25. The van der Waals surface area contributed by atoms with E-state index in [4.69, 9.17) is 11.6 Å². The lowest BCUT2D eigenvalue weighted by atomic mass is 10.2. The summed E-state index contributed by atoms with van der Waals surface area (Å²) >= 11 is 5.91. The van der Waals surface area contributed by atoms with Gasteiger partial charge in [0.25, 0.3) is 0 Å². The van der Waals surface area contributed by atoms with E-state index < -0.39 is 6.09 Å². The van der Waals surface area contributed by atoms with Gasteiger partial charge in [-0.15, -0.1) is 0 Å². The number of halogens is 1. The molecular weight excluding hydrogens is 278 g/mol. The van der Waals surface area contributed by atoms with E-state index in [-0.39, 0.29) is 0 Å². The minimum atomic E-state index is -0.549. The van der Waals surface area contributed by atoms with Crippen molar-refractivity contribution in [2.45, 2.75) is 6.92 Å². The van der Waals surface area contributed by atoms with Crippen molar-refractivity contribution in [1.82, 2.24) is 4.98 Å². The molecular formula is C14H14ClN3O2. The van der Waals surface area contributed by atoms with Crippen LogP contribution < -0.4 is 10.6 Å². The number of benzene rings is 1. The molecule has 20 heavy (non-hydrogen) atoms. The minimum absolute atomic E-state index is 0.426. The number of nitrogens with zero attached hydrogens (tertiary/aromatic N) is 1. The molecule has 0 radical (unpaired) electrons. The molecule has 0 saturated carbocycles. The Kier molecular flexibility index (Phi) is 4.42. The molecule has 1 heterocycles. The number of aryl methyl sites for hydroxylation is 1. The van der Waals surface area contributed by atoms with Crippen molar-refractivity contribution in [3.8, 4) is 0 Å². The van der Waals surface area contributed by atoms with Crippen LogP contribution in [0.2, 0.25) is 5.02 Å². The summed E-state index contributed by atoms with van der Waals surface area (Å²) in [5, 5.41) is 6.41. The smallest absolute Gasteiger partial charge is 0.412 e. The second-order valence-electron chi connectivity index (χ2n) is 4.13. The molecule has 1 aromatic carbocycles. The van der Waals surface area contributed by atoms with Gasteiger partial charge in [0, 0.05) is 10.7 Å². The number of anilines is 3. The lowest BCUT2D eigenvalue weighted by Crippen LogP contribution is -2.11. The van der Waals surface area contributed by atoms with Crippen molar-refractivity contribution < 1.29 is 9.53 Å². The topological polar surface area (TPSA) is 63.2 Å². The molecule has 6 heteroatoms. The maximum Gasteiger partial charge on any atom is 0.412 e. The van der Waals surface area contributed by atoms with Gasteiger partial charge < -0.3 is 10.1 Å². The van der Waals surface area contributed by atoms with Gasteiger partial charge >= 0.3 is 6.09 Å². The summed E-state index contributed by atoms with van der Waals surface area (Å²) in [7, 11) is 1.30. The van der Waals surface area contributed by atoms with Crippen molar-refractivity contribution >= 4 is 34.9 Å². The maximum absolute atomic E-state index is 11.0. The highest BCUT2D eigenvalue weighted by Crippen LogP contribution is 2.23. The Hall–Kier alpha value is -2.27. The molecule has 1 aromatic heterocycles. The van der Waals surface area contributed by atoms with E-state index >= 15 is 0 Å². The number of aromatic nitrogens is 1. The van der Waals surface area contributed by atoms with E-state index in [0.29, 0.717) is 10.8 Å². The first-order chi connectivity index (χ1) is 9.58. The van der Waals surface area contributed by atoms with E-state index in [0.717, 1.165) is 16.9 Å². The average molecular weight is 292 g/mol. The summed E-state index contributed by atoms with van der Waals surface area (Å²) in [4.78, 5) is 15.1. The molecule has 2 rings (SSSR count). The van der Waals surface area contributed by atoms with Crippen LogP contribution in [-0.2, 0) is 4.74 Å². The third-order valence-corrected chi connectivity index (χ3v) is 2.88. The van der Waals surface area contributed by atoms with Gasteiger partial charge in [-0.1, -0.05) is 11.6 Å². The van der Waals surface area contributed by atoms with Crippen molar-refractivity contribution in [3.63, 3.8) is 0 Å². The monoisotopic (exact) mass is 291 g/mol. The molecule has 0 saturated heterocycles. The zero-order valence-corrected chi connectivity index (χ0v) is 11.9. The molecule has 0 spiro atoms. The van der Waals surface area contributed by atoms with Crippen molar-refractivity contribution in [1.29, 1.82) is 0 Å². The lowest BCUT2D eigenvalue weighted by Gasteiger charge is -2.10. The molecule has 5 nitrogen and oxygen atoms in total. The summed E-state index contributed by atoms with van der Waals surface area (Å²) in [5.41, 5.74) is 2.80. The molecule has 2 aromatic rings. The predicted octanol–water partition coefficient (Wildman–Crippen LogP) is 3.97. The highest BCUT2D eigenvalue weighted by Gasteiger charge is 2.03. The fourth-order valence-corrected chi connectivity index (χ4v) is 1.85. The molecule has 0 unspecified atom stereocenters. The van der Waals surface area contributed by atoms with Gasteiger partial charge in [0.05, 0.1) is 19.0 Å². The van der Waals surface area contributed by atoms with Crippen LogP contribution in [0.25, 0.3) is 0 Å². The zero-order chi connectivity index (χ0) is 14.5. The van der Waals surface area contributed by atoms with E-state index in [2.05, 4.69) is 20.4 Å². The molecule has 0 aliphatic rings. The number of carbonyl (C=O) groups excluding carboxylic acids is 1. The number of hydrogen-bond donors (Lipinski definition) is 2. The van der Waals surface area contributed by atoms with E-state index in [9.17, 15) is 4.79 Å². The van der Waals surface area contributed by atoms with Crippen LogP contribution in [0.15, 0.2) is 36.5 Å². The summed E-state index contributed by atoms with van der Waals surface area (Å²) in [6.07, 6.45) is 1.08. The largest absolute Gasteiger partial charge is 0.453 e. The Morgan fingerprint density at radius 3 is 2.70 bits per heavy atom. The van der Waals surface area contributed by atoms with Gasteiger partial charge in [0.15, 0.2) is 0 Å². The van der Waals surface area contributed by atoms with Gasteiger partial charge in [0.1, 0.15) is 5.82 Å². The molecule has 0 aliphatic heterocycles. The third kappa shape index (κ3) is 3.61. The molecule has 104 valence electrons. The Morgan fingerprint density at radius 2 is 2.10 bits per heavy atom. The summed E-state index contributed by atoms with van der Waals surface area (Å²) in [6, 6.07) is 9.09. The van der Waals surface area contributed by atoms with Crippen LogP contribution in [0.1, 0.15) is 5.56 Å². The first-order valence-corrected chi connectivity index (χ1v) is 6.30. The normalized spacial score (nSPS) is 9.95. The van der Waals surface area contributed by atoms with Gasteiger partial charge in [-0.3, -0.25) is 5.32 Å². The summed E-state index contributed by atoms with van der Waals surface area (Å²) < 4.78 is 4.49. The first-order valence-electron chi connectivity index (χ1n) is 5.92. The number of nitrogens with one attached hydrogen (secondary N) is 2. The van der Waals surface area contributed by atoms with Crippen LogP contribution in [0, 0.1) is 6.92 Å². The van der Waals surface area contributed by atoms with E-state index in [1.54, 1.807) is 12.3 Å². The standard InChI is InChI=1S/C14H14ClN3O2/c1-9-7-10(15)3-5-12(9)17-11-4-6-13(16-8-11)18-14(19)20-2/h3-8,17H,1-2H3,(H,16,18,19). The van der Waals surface area contributed by atoms with Gasteiger partial charge in [0.2, 0.25) is 0 Å². The highest BCUT2D eigenvalue weighted by atomic mass is 35.5. The van der Waals surface area contributed by atoms with Crippen molar-refractivity contribution in [2.75, 3.05) is 17.7 Å². The zero-order valence-electron chi connectivity index (χ0n) is 11.1. The highest BCUT2D eigenvalue weighted by molar-refractivity contribution is 6.30. The summed E-state index contributed by atoms with van der Waals surface area (Å²) in [6.45, 7) is 1.97. The summed E-state index contributed by atoms with van der Waals surface area (Å²) in [5.74, 6) is 0.426. The quantitative estimate of drug-likeness (QED) is 0.898. The van der Waals surface area contributed by atoms with Gasteiger partial charge in [-0.2, -0.15) is 0 Å². The first kappa shape index (κ1) is 14.1. The molecule has 0 atom stereocenters. The number of ether oxygens (including phenoxy) is 1. The minimum Gasteiger partial charge on any atom is -0.453 e. The van der Waals surface area contributed by atoms with Crippen LogP contribution in [0.3, 0.4) is 0 Å². The molecule has 1 amide bonds. The number of amides is 1. The van der Waals surface area contributed by atoms with Gasteiger partial charge in [-0.05, 0) is 42.8 Å². The number of hydrogen-bond acceptors (Lipinski definition) is 4. The molecule has 0 bridgehead atoms. The fourth-order valence-electron chi connectivity index (χ4n) is 1.62. The third-order valence-electron chi connectivity index (χ3n) is 2.65. The molecule has 0 aliphatic carbocycles. The van der Waals surface area contributed by atoms with E-state index in [1.807, 2.05) is 31.2 Å². The maximum atomic E-state index is 11.0. The number of carbonyl (C=O) groups is 1. The number of rotatable bonds is 3. The SMILES string of the molecule is COC(=O)Nc1ccc(Nc2ccc(Cl)cc2C)cn1. The van der Waals surface area contributed by atoms with Gasteiger partial charge in [-0.25, -0.2) is 9.78 Å². The fraction of sp³-hybridized carbons (Fsp3) is 0.143. The van der Waals surface area contributed by atoms with Crippen molar-refractivity contribution in [3.05, 3.63) is 47.1 Å². The van der Waals surface area contributed by atoms with Crippen LogP contribution in [0.5, 0.6) is 0 Å². The van der Waals surface area contributed by atoms with Crippen LogP contribution in [-0.4, -0.2) is 18.2 Å². The van der Waals surface area contributed by atoms with Crippen molar-refractivity contribution in [2.24, 2.45) is 0 Å². The molecule has 0 fully saturated rings. The van der Waals surface area contributed by atoms with E-state index in [1.165, 1.54) is 7.11 Å². The van der Waals surface area contributed by atoms with Crippen LogP contribution >= 0.6 is 11.6 Å². The number of methoxy groups -OCH3 is 1. The predicted molar refractivity (Wildman–Crippen MR) is 79.7 cm³/mol. The number of pyridine rings is 1. The Labute approximate surface area is 121 Å². The Bertz CT molecular complexity index is 614. The molecule has 2 N–H and O–H groups in total. The second-order valence-corrected chi connectivity index (χ2v) is 4.57. The lowest BCUT2D eigenvalue weighted by molar-refractivity contribution is 0.187.